The van der Waals surface area contributed by atoms with Crippen molar-refractivity contribution in [3.63, 3.8) is 0 Å². The molecule has 0 saturated carbocycles. The molecule has 1 aromatic carbocycles. The molecular weight excluding hydrogens is 260 g/mol. The Bertz CT molecular complexity index is 575. The van der Waals surface area contributed by atoms with Crippen LogP contribution < -0.4 is 5.32 Å². The summed E-state index contributed by atoms with van der Waals surface area (Å²) in [5.74, 6) is 0. The maximum Gasteiger partial charge on any atom is 0.0778 e. The first-order valence-corrected chi connectivity index (χ1v) is 7.69. The molecule has 2 aromatic rings. The van der Waals surface area contributed by atoms with E-state index in [1.54, 1.807) is 7.11 Å². The van der Waals surface area contributed by atoms with Crippen LogP contribution in [0, 0.1) is 0 Å². The van der Waals surface area contributed by atoms with E-state index < -0.39 is 0 Å². The number of benzene rings is 1. The monoisotopic (exact) mass is 286 g/mol. The summed E-state index contributed by atoms with van der Waals surface area (Å²) in [6.07, 6.45) is 3.95. The van der Waals surface area contributed by atoms with Crippen LogP contribution in [0.4, 0.5) is 0 Å². The molecule has 0 spiro atoms. The highest BCUT2D eigenvalue weighted by Crippen LogP contribution is 2.22. The summed E-state index contributed by atoms with van der Waals surface area (Å²) in [4.78, 5) is 4.44. The molecule has 2 rings (SSSR count). The first-order chi connectivity index (χ1) is 10.1. The van der Waals surface area contributed by atoms with Gasteiger partial charge in [-0.2, -0.15) is 0 Å². The molecule has 1 unspecified atom stereocenters. The fourth-order valence-corrected chi connectivity index (χ4v) is 2.58. The largest absolute Gasteiger partial charge is 0.377 e. The van der Waals surface area contributed by atoms with E-state index in [4.69, 9.17) is 4.74 Å². The van der Waals surface area contributed by atoms with Crippen LogP contribution in [0.5, 0.6) is 0 Å². The molecule has 0 radical (unpaired) electrons. The Labute approximate surface area is 127 Å². The second-order valence-corrected chi connectivity index (χ2v) is 6.01. The lowest BCUT2D eigenvalue weighted by atomic mass is 9.90. The topological polar surface area (TPSA) is 34.2 Å². The summed E-state index contributed by atoms with van der Waals surface area (Å²) in [5, 5.41) is 4.86. The van der Waals surface area contributed by atoms with Gasteiger partial charge < -0.3 is 10.1 Å². The van der Waals surface area contributed by atoms with Gasteiger partial charge in [-0.15, -0.1) is 0 Å². The maximum atomic E-state index is 5.70. The standard InChI is InChI=1S/C18H26N2O/c1-5-11-20-17(18(2,3)21-4)13-14-10-12-19-16-9-7-6-8-15(14)16/h6-10,12,17,20H,5,11,13H2,1-4H3. The van der Waals surface area contributed by atoms with Gasteiger partial charge in [0.2, 0.25) is 0 Å². The number of hydrogen-bond acceptors (Lipinski definition) is 3. The van der Waals surface area contributed by atoms with Gasteiger partial charge in [0.05, 0.1) is 11.1 Å². The number of fused-ring (bicyclic) bond motifs is 1. The molecule has 0 aliphatic heterocycles. The second-order valence-electron chi connectivity index (χ2n) is 6.01. The zero-order chi connectivity index (χ0) is 15.3. The summed E-state index contributed by atoms with van der Waals surface area (Å²) >= 11 is 0. The minimum absolute atomic E-state index is 0.209. The van der Waals surface area contributed by atoms with Gasteiger partial charge in [0.25, 0.3) is 0 Å². The predicted molar refractivity (Wildman–Crippen MR) is 88.6 cm³/mol. The number of ether oxygens (including phenoxy) is 1. The summed E-state index contributed by atoms with van der Waals surface area (Å²) in [7, 11) is 1.78. The van der Waals surface area contributed by atoms with Gasteiger partial charge in [0.15, 0.2) is 0 Å². The van der Waals surface area contributed by atoms with Crippen LogP contribution in [0.3, 0.4) is 0 Å². The van der Waals surface area contributed by atoms with Gasteiger partial charge in [-0.1, -0.05) is 25.1 Å². The van der Waals surface area contributed by atoms with E-state index in [1.165, 1.54) is 10.9 Å². The summed E-state index contributed by atoms with van der Waals surface area (Å²) in [5.41, 5.74) is 2.17. The van der Waals surface area contributed by atoms with Crippen LogP contribution in [0.2, 0.25) is 0 Å². The number of hydrogen-bond donors (Lipinski definition) is 1. The fraction of sp³-hybridized carbons (Fsp3) is 0.500. The van der Waals surface area contributed by atoms with E-state index in [-0.39, 0.29) is 11.6 Å². The zero-order valence-corrected chi connectivity index (χ0v) is 13.5. The van der Waals surface area contributed by atoms with Crippen LogP contribution in [0.15, 0.2) is 36.5 Å². The Morgan fingerprint density at radius 1 is 1.24 bits per heavy atom. The molecule has 0 amide bonds. The van der Waals surface area contributed by atoms with Crippen molar-refractivity contribution < 1.29 is 4.74 Å². The van der Waals surface area contributed by atoms with E-state index in [9.17, 15) is 0 Å². The highest BCUT2D eigenvalue weighted by Gasteiger charge is 2.29. The lowest BCUT2D eigenvalue weighted by molar-refractivity contribution is -0.00989. The number of pyridine rings is 1. The van der Waals surface area contributed by atoms with Crippen molar-refractivity contribution in [2.24, 2.45) is 0 Å². The molecule has 1 aromatic heterocycles. The smallest absolute Gasteiger partial charge is 0.0778 e. The molecule has 0 bridgehead atoms. The summed E-state index contributed by atoms with van der Waals surface area (Å²) in [6, 6.07) is 10.7. The Morgan fingerprint density at radius 2 is 2.00 bits per heavy atom. The highest BCUT2D eigenvalue weighted by molar-refractivity contribution is 5.81. The Hall–Kier alpha value is -1.45. The Morgan fingerprint density at radius 3 is 2.71 bits per heavy atom. The van der Waals surface area contributed by atoms with Crippen LogP contribution in [0.1, 0.15) is 32.8 Å². The van der Waals surface area contributed by atoms with E-state index >= 15 is 0 Å². The Kier molecular flexibility index (Phi) is 5.32. The highest BCUT2D eigenvalue weighted by atomic mass is 16.5. The van der Waals surface area contributed by atoms with Crippen molar-refractivity contribution in [3.8, 4) is 0 Å². The third kappa shape index (κ3) is 3.80. The van der Waals surface area contributed by atoms with Gasteiger partial charge in [0.1, 0.15) is 0 Å². The van der Waals surface area contributed by atoms with Crippen molar-refractivity contribution >= 4 is 10.9 Å². The molecule has 21 heavy (non-hydrogen) atoms. The predicted octanol–water partition coefficient (Wildman–Crippen LogP) is 3.57. The zero-order valence-electron chi connectivity index (χ0n) is 13.5. The summed E-state index contributed by atoms with van der Waals surface area (Å²) < 4.78 is 5.70. The fourth-order valence-electron chi connectivity index (χ4n) is 2.58. The van der Waals surface area contributed by atoms with Gasteiger partial charge in [-0.25, -0.2) is 0 Å². The van der Waals surface area contributed by atoms with Crippen molar-refractivity contribution in [1.29, 1.82) is 0 Å². The molecule has 1 atom stereocenters. The molecule has 1 heterocycles. The minimum atomic E-state index is -0.209. The van der Waals surface area contributed by atoms with Crippen molar-refractivity contribution in [2.45, 2.75) is 45.3 Å². The number of nitrogens with one attached hydrogen (secondary N) is 1. The van der Waals surface area contributed by atoms with Crippen LogP contribution in [-0.2, 0) is 11.2 Å². The molecule has 0 fully saturated rings. The van der Waals surface area contributed by atoms with Crippen molar-refractivity contribution in [3.05, 3.63) is 42.1 Å². The van der Waals surface area contributed by atoms with E-state index in [2.05, 4.69) is 55.3 Å². The number of aromatic nitrogens is 1. The van der Waals surface area contributed by atoms with Crippen molar-refractivity contribution in [2.75, 3.05) is 13.7 Å². The molecule has 114 valence electrons. The van der Waals surface area contributed by atoms with Gasteiger partial charge >= 0.3 is 0 Å². The minimum Gasteiger partial charge on any atom is -0.377 e. The van der Waals surface area contributed by atoms with Gasteiger partial charge in [-0.3, -0.25) is 4.98 Å². The third-order valence-electron chi connectivity index (χ3n) is 4.17. The SMILES string of the molecule is CCCNC(Cc1ccnc2ccccc12)C(C)(C)OC. The number of para-hydroxylation sites is 1. The molecule has 0 saturated heterocycles. The number of rotatable bonds is 7. The maximum absolute atomic E-state index is 5.70. The third-order valence-corrected chi connectivity index (χ3v) is 4.17. The number of methoxy groups -OCH3 is 1. The van der Waals surface area contributed by atoms with Crippen LogP contribution in [0.25, 0.3) is 10.9 Å². The molecule has 0 aliphatic carbocycles. The molecular formula is C18H26N2O. The lowest BCUT2D eigenvalue weighted by Gasteiger charge is -2.34. The van der Waals surface area contributed by atoms with E-state index in [1.807, 2.05) is 12.3 Å². The van der Waals surface area contributed by atoms with E-state index in [0.717, 1.165) is 24.9 Å². The van der Waals surface area contributed by atoms with Crippen LogP contribution in [-0.4, -0.2) is 30.3 Å². The summed E-state index contributed by atoms with van der Waals surface area (Å²) in [6.45, 7) is 7.47. The normalized spacial score (nSPS) is 13.5. The molecule has 1 N–H and O–H groups in total. The average Bonchev–Trinajstić information content (AvgIpc) is 2.51. The first-order valence-electron chi connectivity index (χ1n) is 7.69. The van der Waals surface area contributed by atoms with Gasteiger partial charge in [0, 0.05) is 24.7 Å². The van der Waals surface area contributed by atoms with Gasteiger partial charge in [-0.05, 0) is 50.9 Å². The average molecular weight is 286 g/mol. The lowest BCUT2D eigenvalue weighted by Crippen LogP contribution is -2.49. The number of nitrogens with zero attached hydrogens (tertiary/aromatic N) is 1. The molecule has 0 aliphatic rings. The quantitative estimate of drug-likeness (QED) is 0.845. The Balaban J connectivity index is 2.30. The molecule has 3 heteroatoms. The van der Waals surface area contributed by atoms with Crippen LogP contribution >= 0.6 is 0 Å². The molecule has 3 nitrogen and oxygen atoms in total. The van der Waals surface area contributed by atoms with E-state index in [0.29, 0.717) is 0 Å². The van der Waals surface area contributed by atoms with Crippen molar-refractivity contribution in [1.82, 2.24) is 10.3 Å². The second kappa shape index (κ2) is 7.01. The first kappa shape index (κ1) is 15.9.